The van der Waals surface area contributed by atoms with E-state index in [9.17, 15) is 14.4 Å². The third kappa shape index (κ3) is 5.10. The summed E-state index contributed by atoms with van der Waals surface area (Å²) in [5.74, 6) is -1.58. The zero-order valence-electron chi connectivity index (χ0n) is 19.4. The summed E-state index contributed by atoms with van der Waals surface area (Å²) in [6, 6.07) is 8.16. The number of anilines is 1. The van der Waals surface area contributed by atoms with Crippen molar-refractivity contribution in [2.45, 2.75) is 37.8 Å². The van der Waals surface area contributed by atoms with Gasteiger partial charge in [-0.1, -0.05) is 25.0 Å². The lowest BCUT2D eigenvalue weighted by molar-refractivity contribution is -0.126. The number of amides is 3. The molecule has 2 aromatic heterocycles. The predicted molar refractivity (Wildman–Crippen MR) is 133 cm³/mol. The minimum atomic E-state index is -0.925. The average Bonchev–Trinajstić information content (AvgIpc) is 3.52. The summed E-state index contributed by atoms with van der Waals surface area (Å²) in [6.45, 7) is 0.628. The molecule has 1 unspecified atom stereocenters. The Morgan fingerprint density at radius 2 is 2.03 bits per heavy atom. The van der Waals surface area contributed by atoms with Crippen molar-refractivity contribution in [2.75, 3.05) is 26.0 Å². The Bertz CT molecular complexity index is 1240. The van der Waals surface area contributed by atoms with Gasteiger partial charge in [0.2, 0.25) is 5.91 Å². The van der Waals surface area contributed by atoms with Gasteiger partial charge in [0.15, 0.2) is 5.69 Å². The number of aromatic nitrogens is 2. The van der Waals surface area contributed by atoms with Crippen LogP contribution >= 0.6 is 11.5 Å². The lowest BCUT2D eigenvalue weighted by Gasteiger charge is -2.36. The summed E-state index contributed by atoms with van der Waals surface area (Å²) in [5, 5.41) is 3.74. The van der Waals surface area contributed by atoms with E-state index in [4.69, 9.17) is 16.2 Å². The van der Waals surface area contributed by atoms with Crippen LogP contribution < -0.4 is 16.8 Å². The molecule has 10 nitrogen and oxygen atoms in total. The van der Waals surface area contributed by atoms with Gasteiger partial charge in [-0.2, -0.15) is 4.37 Å². The number of carbonyl (C=O) groups is 3. The molecule has 0 radical (unpaired) electrons. The summed E-state index contributed by atoms with van der Waals surface area (Å²) in [4.78, 5) is 45.3. The average molecular weight is 497 g/mol. The van der Waals surface area contributed by atoms with Gasteiger partial charge in [0.05, 0.1) is 17.8 Å². The molecule has 5 N–H and O–H groups in total. The Balaban J connectivity index is 1.81. The minimum absolute atomic E-state index is 0.0586. The van der Waals surface area contributed by atoms with Crippen molar-refractivity contribution in [3.8, 4) is 0 Å². The van der Waals surface area contributed by atoms with Crippen LogP contribution in [0.15, 0.2) is 36.5 Å². The molecule has 1 atom stereocenters. The number of ether oxygens (including phenoxy) is 1. The van der Waals surface area contributed by atoms with Crippen molar-refractivity contribution in [3.63, 3.8) is 0 Å². The fourth-order valence-electron chi connectivity index (χ4n) is 4.50. The van der Waals surface area contributed by atoms with Crippen LogP contribution in [0.4, 0.5) is 5.69 Å². The first-order valence-electron chi connectivity index (χ1n) is 11.4. The second-order valence-electron chi connectivity index (χ2n) is 8.43. The molecular weight excluding hydrogens is 468 g/mol. The maximum atomic E-state index is 13.9. The number of nitrogens with two attached hydrogens (primary N) is 2. The summed E-state index contributed by atoms with van der Waals surface area (Å²) < 4.78 is 9.08. The molecule has 1 fully saturated rings. The molecule has 1 saturated carbocycles. The van der Waals surface area contributed by atoms with E-state index in [2.05, 4.69) is 14.7 Å². The largest absolute Gasteiger partial charge is 0.395 e. The maximum Gasteiger partial charge on any atom is 0.270 e. The Kier molecular flexibility index (Phi) is 7.57. The molecule has 0 aliphatic heterocycles. The Labute approximate surface area is 206 Å². The van der Waals surface area contributed by atoms with Gasteiger partial charge in [0.25, 0.3) is 11.8 Å². The smallest absolute Gasteiger partial charge is 0.270 e. The molecule has 184 valence electrons. The second-order valence-corrected chi connectivity index (χ2v) is 9.20. The first kappa shape index (κ1) is 24.6. The van der Waals surface area contributed by atoms with Gasteiger partial charge in [-0.3, -0.25) is 19.4 Å². The zero-order chi connectivity index (χ0) is 24.9. The second kappa shape index (κ2) is 10.8. The summed E-state index contributed by atoms with van der Waals surface area (Å²) in [6.07, 6.45) is 5.10. The highest BCUT2D eigenvalue weighted by Gasteiger charge is 2.39. The fourth-order valence-corrected chi connectivity index (χ4v) is 5.25. The summed E-state index contributed by atoms with van der Waals surface area (Å²) in [7, 11) is 1.55. The van der Waals surface area contributed by atoms with Crippen molar-refractivity contribution in [2.24, 2.45) is 5.73 Å². The summed E-state index contributed by atoms with van der Waals surface area (Å²) in [5.41, 5.74) is 12.7. The van der Waals surface area contributed by atoms with E-state index in [0.717, 1.165) is 48.1 Å². The SMILES string of the molecule is COCCNC(=O)C(c1ccc2ncccc2c1)N(C(=O)c1snc(C(N)=O)c1N)C1CCCC1. The topological polar surface area (TPSA) is 154 Å². The van der Waals surface area contributed by atoms with Crippen molar-refractivity contribution in [1.29, 1.82) is 0 Å². The first-order chi connectivity index (χ1) is 16.9. The quantitative estimate of drug-likeness (QED) is 0.384. The number of pyridine rings is 1. The van der Waals surface area contributed by atoms with Gasteiger partial charge in [-0.25, -0.2) is 0 Å². The monoisotopic (exact) mass is 496 g/mol. The number of rotatable bonds is 9. The maximum absolute atomic E-state index is 13.9. The molecular formula is C24H28N6O4S. The van der Waals surface area contributed by atoms with Gasteiger partial charge in [0.1, 0.15) is 10.9 Å². The number of methoxy groups -OCH3 is 1. The minimum Gasteiger partial charge on any atom is -0.395 e. The molecule has 0 spiro atoms. The van der Waals surface area contributed by atoms with Crippen LogP contribution in [0.25, 0.3) is 10.9 Å². The predicted octanol–water partition coefficient (Wildman–Crippen LogP) is 2.26. The third-order valence-electron chi connectivity index (χ3n) is 6.18. The van der Waals surface area contributed by atoms with Gasteiger partial charge < -0.3 is 26.4 Å². The number of nitrogens with one attached hydrogen (secondary N) is 1. The molecule has 0 saturated heterocycles. The Morgan fingerprint density at radius 1 is 1.26 bits per heavy atom. The fraction of sp³-hybridized carbons (Fsp3) is 0.375. The van der Waals surface area contributed by atoms with E-state index >= 15 is 0 Å². The van der Waals surface area contributed by atoms with E-state index in [1.807, 2.05) is 30.3 Å². The van der Waals surface area contributed by atoms with Crippen LogP contribution in [0, 0.1) is 0 Å². The van der Waals surface area contributed by atoms with Crippen LogP contribution in [0.1, 0.15) is 57.4 Å². The number of carbonyl (C=O) groups excluding carboxylic acids is 3. The highest BCUT2D eigenvalue weighted by molar-refractivity contribution is 7.09. The van der Waals surface area contributed by atoms with Crippen molar-refractivity contribution in [3.05, 3.63) is 52.7 Å². The highest BCUT2D eigenvalue weighted by atomic mass is 32.1. The van der Waals surface area contributed by atoms with E-state index < -0.39 is 17.9 Å². The first-order valence-corrected chi connectivity index (χ1v) is 12.2. The third-order valence-corrected chi connectivity index (χ3v) is 7.03. The van der Waals surface area contributed by atoms with Gasteiger partial charge in [0, 0.05) is 31.3 Å². The highest BCUT2D eigenvalue weighted by Crippen LogP contribution is 2.36. The van der Waals surface area contributed by atoms with Gasteiger partial charge >= 0.3 is 0 Å². The molecule has 4 rings (SSSR count). The van der Waals surface area contributed by atoms with Crippen molar-refractivity contribution < 1.29 is 19.1 Å². The van der Waals surface area contributed by atoms with E-state index in [-0.39, 0.29) is 28.2 Å². The van der Waals surface area contributed by atoms with Crippen LogP contribution in [0.3, 0.4) is 0 Å². The van der Waals surface area contributed by atoms with E-state index in [1.165, 1.54) is 0 Å². The molecule has 0 bridgehead atoms. The van der Waals surface area contributed by atoms with Crippen LogP contribution in [0.2, 0.25) is 0 Å². The number of nitrogens with zero attached hydrogens (tertiary/aromatic N) is 3. The van der Waals surface area contributed by atoms with Crippen LogP contribution in [-0.4, -0.2) is 58.3 Å². The molecule has 1 aromatic carbocycles. The number of hydrogen-bond acceptors (Lipinski definition) is 8. The molecule has 11 heteroatoms. The van der Waals surface area contributed by atoms with Crippen molar-refractivity contribution >= 4 is 45.8 Å². The Hall–Kier alpha value is -3.57. The molecule has 2 heterocycles. The number of nitrogen functional groups attached to an aromatic ring is 1. The molecule has 35 heavy (non-hydrogen) atoms. The number of benzene rings is 1. The molecule has 1 aliphatic rings. The lowest BCUT2D eigenvalue weighted by atomic mass is 9.98. The number of primary amides is 1. The van der Waals surface area contributed by atoms with Crippen LogP contribution in [0.5, 0.6) is 0 Å². The standard InChI is InChI=1S/C24H28N6O4S/c1-34-12-11-28-23(32)20(15-8-9-17-14(13-15)5-4-10-27-17)30(16-6-2-3-7-16)24(33)21-18(25)19(22(26)31)29-35-21/h4-5,8-10,13,16,20H,2-3,6-7,11-12,25H2,1H3,(H2,26,31)(H,28,32). The summed E-state index contributed by atoms with van der Waals surface area (Å²) >= 11 is 0.819. The molecule has 3 aromatic rings. The molecule has 3 amide bonds. The van der Waals surface area contributed by atoms with E-state index in [1.54, 1.807) is 18.2 Å². The number of fused-ring (bicyclic) bond motifs is 1. The normalized spacial score (nSPS) is 14.7. The van der Waals surface area contributed by atoms with E-state index in [0.29, 0.717) is 18.7 Å². The zero-order valence-corrected chi connectivity index (χ0v) is 20.2. The van der Waals surface area contributed by atoms with Gasteiger partial charge in [-0.05, 0) is 48.1 Å². The molecule has 1 aliphatic carbocycles. The Morgan fingerprint density at radius 3 is 2.71 bits per heavy atom. The van der Waals surface area contributed by atoms with Gasteiger partial charge in [-0.15, -0.1) is 0 Å². The lowest BCUT2D eigenvalue weighted by Crippen LogP contribution is -2.48. The van der Waals surface area contributed by atoms with Crippen LogP contribution in [-0.2, 0) is 9.53 Å². The van der Waals surface area contributed by atoms with Crippen molar-refractivity contribution in [1.82, 2.24) is 19.6 Å². The number of hydrogen-bond donors (Lipinski definition) is 3.